The van der Waals surface area contributed by atoms with Crippen LogP contribution in [0.15, 0.2) is 60.8 Å². The number of benzene rings is 1. The molecular weight excluding hydrogens is 362 g/mol. The van der Waals surface area contributed by atoms with Gasteiger partial charge in [-0.1, -0.05) is 60.8 Å². The van der Waals surface area contributed by atoms with Crippen LogP contribution >= 0.6 is 0 Å². The molecule has 2 N–H and O–H groups in total. The zero-order chi connectivity index (χ0) is 20.7. The molecule has 0 aliphatic heterocycles. The third kappa shape index (κ3) is 4.48. The highest BCUT2D eigenvalue weighted by atomic mass is 16.5. The molecule has 150 valence electrons. The van der Waals surface area contributed by atoms with Crippen molar-refractivity contribution in [3.8, 4) is 0 Å². The molecule has 1 aliphatic carbocycles. The Morgan fingerprint density at radius 2 is 1.75 bits per heavy atom. The van der Waals surface area contributed by atoms with Gasteiger partial charge < -0.3 is 19.8 Å². The molecule has 1 aromatic rings. The quantitative estimate of drug-likeness (QED) is 0.322. The second-order valence-corrected chi connectivity index (χ2v) is 6.85. The number of esters is 2. The first-order valence-electron chi connectivity index (χ1n) is 8.90. The van der Waals surface area contributed by atoms with Crippen LogP contribution in [0.2, 0.25) is 0 Å². The van der Waals surface area contributed by atoms with E-state index in [1.165, 1.54) is 19.1 Å². The van der Waals surface area contributed by atoms with E-state index in [4.69, 9.17) is 9.47 Å². The topological polar surface area (TPSA) is 105 Å². The van der Waals surface area contributed by atoms with Crippen LogP contribution in [0.5, 0.6) is 0 Å². The number of aliphatic hydroxyl groups is 1. The fourth-order valence-corrected chi connectivity index (χ4v) is 3.68. The van der Waals surface area contributed by atoms with Gasteiger partial charge in [-0.3, -0.25) is 9.59 Å². The van der Waals surface area contributed by atoms with Gasteiger partial charge in [0, 0.05) is 12.3 Å². The molecule has 0 aromatic heterocycles. The standard InChI is InChI=1S/C21H25NO6/c1-4-11-27-19(23)17-15(22-26)13-21(3,25)18(20(24)28-12-5-2)16(17)14-9-7-6-8-10-14/h4-10,16-18,25-26H,1-2,11-13H2,3H3/b22-15+/t16-,17-,18+,21+/m0/s1. The maximum atomic E-state index is 12.8. The van der Waals surface area contributed by atoms with Gasteiger partial charge in [0.05, 0.1) is 17.2 Å². The van der Waals surface area contributed by atoms with Crippen molar-refractivity contribution in [1.29, 1.82) is 0 Å². The van der Waals surface area contributed by atoms with Gasteiger partial charge in [-0.25, -0.2) is 0 Å². The Morgan fingerprint density at radius 1 is 1.18 bits per heavy atom. The summed E-state index contributed by atoms with van der Waals surface area (Å²) >= 11 is 0. The highest BCUT2D eigenvalue weighted by Crippen LogP contribution is 2.47. The molecule has 7 heteroatoms. The number of carbonyl (C=O) groups excluding carboxylic acids is 2. The number of hydrogen-bond acceptors (Lipinski definition) is 7. The molecule has 0 amide bonds. The summed E-state index contributed by atoms with van der Waals surface area (Å²) in [6, 6.07) is 8.78. The Bertz CT molecular complexity index is 755. The Labute approximate surface area is 164 Å². The Morgan fingerprint density at radius 3 is 2.29 bits per heavy atom. The van der Waals surface area contributed by atoms with Crippen LogP contribution in [0.4, 0.5) is 0 Å². The van der Waals surface area contributed by atoms with Crippen molar-refractivity contribution in [2.24, 2.45) is 17.0 Å². The lowest BCUT2D eigenvalue weighted by Crippen LogP contribution is -2.55. The minimum atomic E-state index is -1.60. The molecule has 4 atom stereocenters. The molecule has 0 saturated heterocycles. The number of oxime groups is 1. The van der Waals surface area contributed by atoms with Gasteiger partial charge in [0.2, 0.25) is 0 Å². The van der Waals surface area contributed by atoms with Crippen molar-refractivity contribution >= 4 is 17.7 Å². The molecule has 1 aliphatic rings. The summed E-state index contributed by atoms with van der Waals surface area (Å²) in [5.41, 5.74) is -0.944. The summed E-state index contributed by atoms with van der Waals surface area (Å²) in [5, 5.41) is 23.8. The molecular formula is C21H25NO6. The van der Waals surface area contributed by atoms with Crippen molar-refractivity contribution in [3.05, 3.63) is 61.2 Å². The molecule has 0 unspecified atom stereocenters. The van der Waals surface area contributed by atoms with Gasteiger partial charge in [-0.15, -0.1) is 0 Å². The second kappa shape index (κ2) is 9.32. The Hall–Kier alpha value is -2.93. The molecule has 2 rings (SSSR count). The molecule has 1 saturated carbocycles. The van der Waals surface area contributed by atoms with Gasteiger partial charge >= 0.3 is 11.9 Å². The van der Waals surface area contributed by atoms with Crippen LogP contribution in [0.25, 0.3) is 0 Å². The zero-order valence-electron chi connectivity index (χ0n) is 15.8. The zero-order valence-corrected chi connectivity index (χ0v) is 15.8. The summed E-state index contributed by atoms with van der Waals surface area (Å²) in [6.45, 7) is 8.43. The average molecular weight is 387 g/mol. The second-order valence-electron chi connectivity index (χ2n) is 6.85. The average Bonchev–Trinajstić information content (AvgIpc) is 2.69. The minimum Gasteiger partial charge on any atom is -0.461 e. The van der Waals surface area contributed by atoms with Gasteiger partial charge in [0.15, 0.2) is 0 Å². The molecule has 0 radical (unpaired) electrons. The van der Waals surface area contributed by atoms with Crippen molar-refractivity contribution in [1.82, 2.24) is 0 Å². The molecule has 1 aromatic carbocycles. The number of ether oxygens (including phenoxy) is 2. The highest BCUT2D eigenvalue weighted by Gasteiger charge is 2.56. The Balaban J connectivity index is 2.59. The van der Waals surface area contributed by atoms with Gasteiger partial charge in [0.1, 0.15) is 19.1 Å². The van der Waals surface area contributed by atoms with Crippen LogP contribution in [0, 0.1) is 11.8 Å². The van der Waals surface area contributed by atoms with E-state index in [1.54, 1.807) is 30.3 Å². The normalized spacial score (nSPS) is 28.4. The molecule has 28 heavy (non-hydrogen) atoms. The summed E-state index contributed by atoms with van der Waals surface area (Å²) < 4.78 is 10.4. The smallest absolute Gasteiger partial charge is 0.315 e. The van der Waals surface area contributed by atoms with E-state index >= 15 is 0 Å². The van der Waals surface area contributed by atoms with Crippen molar-refractivity contribution in [2.75, 3.05) is 13.2 Å². The van der Waals surface area contributed by atoms with Gasteiger partial charge in [-0.05, 0) is 12.5 Å². The monoisotopic (exact) mass is 387 g/mol. The largest absolute Gasteiger partial charge is 0.461 e. The van der Waals surface area contributed by atoms with Crippen LogP contribution in [-0.4, -0.2) is 46.8 Å². The number of carbonyl (C=O) groups is 2. The van der Waals surface area contributed by atoms with Crippen LogP contribution in [0.1, 0.15) is 24.8 Å². The van der Waals surface area contributed by atoms with E-state index in [0.29, 0.717) is 5.56 Å². The van der Waals surface area contributed by atoms with Gasteiger partial charge in [-0.2, -0.15) is 0 Å². The summed E-state index contributed by atoms with van der Waals surface area (Å²) in [6.07, 6.45) is 2.65. The predicted octanol–water partition coefficient (Wildman–Crippen LogP) is 2.45. The lowest BCUT2D eigenvalue weighted by molar-refractivity contribution is -0.162. The van der Waals surface area contributed by atoms with Crippen molar-refractivity contribution in [3.63, 3.8) is 0 Å². The van der Waals surface area contributed by atoms with E-state index in [-0.39, 0.29) is 25.3 Å². The summed E-state index contributed by atoms with van der Waals surface area (Å²) in [4.78, 5) is 25.6. The van der Waals surface area contributed by atoms with E-state index in [0.717, 1.165) is 0 Å². The summed E-state index contributed by atoms with van der Waals surface area (Å²) in [5.74, 6) is -4.32. The van der Waals surface area contributed by atoms with E-state index in [1.807, 2.05) is 0 Å². The number of hydrogen-bond donors (Lipinski definition) is 2. The molecule has 0 bridgehead atoms. The van der Waals surface area contributed by atoms with E-state index in [9.17, 15) is 19.9 Å². The highest BCUT2D eigenvalue weighted by molar-refractivity contribution is 6.05. The van der Waals surface area contributed by atoms with Crippen LogP contribution in [-0.2, 0) is 19.1 Å². The third-order valence-electron chi connectivity index (χ3n) is 4.79. The molecule has 0 heterocycles. The number of rotatable bonds is 7. The fourth-order valence-electron chi connectivity index (χ4n) is 3.68. The molecule has 7 nitrogen and oxygen atoms in total. The number of nitrogens with zero attached hydrogens (tertiary/aromatic N) is 1. The first-order chi connectivity index (χ1) is 13.4. The van der Waals surface area contributed by atoms with E-state index in [2.05, 4.69) is 18.3 Å². The lowest BCUT2D eigenvalue weighted by atomic mass is 9.61. The third-order valence-corrected chi connectivity index (χ3v) is 4.79. The van der Waals surface area contributed by atoms with Crippen molar-refractivity contribution in [2.45, 2.75) is 24.9 Å². The SMILES string of the molecule is C=CCOC(=O)[C@H]1/C(=N/O)C[C@@](C)(O)[C@@H](C(=O)OCC=C)[C@H]1c1ccccc1. The Kier molecular flexibility index (Phi) is 7.12. The molecule has 0 spiro atoms. The predicted molar refractivity (Wildman–Crippen MR) is 103 cm³/mol. The first kappa shape index (κ1) is 21.4. The van der Waals surface area contributed by atoms with E-state index < -0.39 is 35.3 Å². The molecule has 1 fully saturated rings. The van der Waals surface area contributed by atoms with Gasteiger partial charge in [0.25, 0.3) is 0 Å². The maximum absolute atomic E-state index is 12.8. The maximum Gasteiger partial charge on any atom is 0.315 e. The van der Waals surface area contributed by atoms with Crippen molar-refractivity contribution < 1.29 is 29.4 Å². The van der Waals surface area contributed by atoms with Crippen LogP contribution < -0.4 is 0 Å². The first-order valence-corrected chi connectivity index (χ1v) is 8.90. The lowest BCUT2D eigenvalue weighted by Gasteiger charge is -2.44. The summed E-state index contributed by atoms with van der Waals surface area (Å²) in [7, 11) is 0. The van der Waals surface area contributed by atoms with Crippen LogP contribution in [0.3, 0.4) is 0 Å². The minimum absolute atomic E-state index is 0.0283. The fraction of sp³-hybridized carbons (Fsp3) is 0.381.